The number of benzene rings is 1. The van der Waals surface area contributed by atoms with E-state index in [-0.39, 0.29) is 18.2 Å². The SMILES string of the molecule is CSCCC(NC(=O)C(C(C)=S)C(C)C)C(=O)NC(Cc1ccccc1)C(=O)O. The summed E-state index contributed by atoms with van der Waals surface area (Å²) in [7, 11) is 0. The zero-order valence-corrected chi connectivity index (χ0v) is 18.9. The molecule has 0 saturated carbocycles. The fourth-order valence-corrected chi connectivity index (χ4v) is 3.90. The molecule has 1 aromatic carbocycles. The van der Waals surface area contributed by atoms with E-state index in [2.05, 4.69) is 10.6 Å². The van der Waals surface area contributed by atoms with Gasteiger partial charge in [-0.25, -0.2) is 4.79 Å². The van der Waals surface area contributed by atoms with Crippen molar-refractivity contribution in [2.24, 2.45) is 11.8 Å². The molecule has 0 aliphatic heterocycles. The highest BCUT2D eigenvalue weighted by atomic mass is 32.2. The monoisotopic (exact) mass is 438 g/mol. The van der Waals surface area contributed by atoms with Gasteiger partial charge in [0.25, 0.3) is 0 Å². The molecule has 0 aliphatic carbocycles. The highest BCUT2D eigenvalue weighted by Crippen LogP contribution is 2.15. The molecular formula is C21H30N2O4S2. The predicted molar refractivity (Wildman–Crippen MR) is 121 cm³/mol. The first-order chi connectivity index (χ1) is 13.7. The maximum Gasteiger partial charge on any atom is 0.326 e. The van der Waals surface area contributed by atoms with Crippen LogP contribution in [0.2, 0.25) is 0 Å². The van der Waals surface area contributed by atoms with Crippen LogP contribution in [-0.2, 0) is 20.8 Å². The Balaban J connectivity index is 2.91. The first-order valence-electron chi connectivity index (χ1n) is 9.54. The van der Waals surface area contributed by atoms with E-state index in [1.807, 2.05) is 50.4 Å². The highest BCUT2D eigenvalue weighted by molar-refractivity contribution is 7.98. The van der Waals surface area contributed by atoms with Crippen LogP contribution in [0.25, 0.3) is 0 Å². The van der Waals surface area contributed by atoms with Crippen LogP contribution in [-0.4, -0.2) is 51.8 Å². The molecule has 0 aliphatic rings. The molecular weight excluding hydrogens is 408 g/mol. The van der Waals surface area contributed by atoms with Crippen LogP contribution in [0.15, 0.2) is 30.3 Å². The first-order valence-corrected chi connectivity index (χ1v) is 11.3. The lowest BCUT2D eigenvalue weighted by Gasteiger charge is -2.25. The number of carboxylic acid groups (broad SMARTS) is 1. The van der Waals surface area contributed by atoms with Crippen molar-refractivity contribution in [1.82, 2.24) is 10.6 Å². The largest absolute Gasteiger partial charge is 0.480 e. The van der Waals surface area contributed by atoms with Crippen LogP contribution >= 0.6 is 24.0 Å². The molecule has 0 saturated heterocycles. The van der Waals surface area contributed by atoms with Gasteiger partial charge in [0.05, 0.1) is 5.92 Å². The van der Waals surface area contributed by atoms with E-state index in [0.717, 1.165) is 5.56 Å². The second kappa shape index (κ2) is 12.6. The van der Waals surface area contributed by atoms with Crippen LogP contribution < -0.4 is 10.6 Å². The van der Waals surface area contributed by atoms with Crippen molar-refractivity contribution in [1.29, 1.82) is 0 Å². The molecule has 6 nitrogen and oxygen atoms in total. The second-order valence-electron chi connectivity index (χ2n) is 7.26. The van der Waals surface area contributed by atoms with Gasteiger partial charge in [0, 0.05) is 11.3 Å². The number of thiocarbonyl (C=S) groups is 1. The molecule has 1 aromatic rings. The summed E-state index contributed by atoms with van der Waals surface area (Å²) < 4.78 is 0. The van der Waals surface area contributed by atoms with Crippen LogP contribution in [0.4, 0.5) is 0 Å². The number of nitrogens with one attached hydrogen (secondary N) is 2. The lowest BCUT2D eigenvalue weighted by molar-refractivity contribution is -0.142. The average molecular weight is 439 g/mol. The zero-order chi connectivity index (χ0) is 22.0. The van der Waals surface area contributed by atoms with Crippen molar-refractivity contribution in [3.8, 4) is 0 Å². The van der Waals surface area contributed by atoms with E-state index in [1.54, 1.807) is 18.7 Å². The van der Waals surface area contributed by atoms with Gasteiger partial charge in [-0.15, -0.1) is 0 Å². The number of hydrogen-bond acceptors (Lipinski definition) is 5. The molecule has 2 amide bonds. The minimum Gasteiger partial charge on any atom is -0.480 e. The summed E-state index contributed by atoms with van der Waals surface area (Å²) in [4.78, 5) is 37.8. The van der Waals surface area contributed by atoms with Crippen molar-refractivity contribution < 1.29 is 19.5 Å². The van der Waals surface area contributed by atoms with E-state index in [4.69, 9.17) is 12.2 Å². The average Bonchev–Trinajstić information content (AvgIpc) is 2.64. The van der Waals surface area contributed by atoms with Crippen LogP contribution in [0.1, 0.15) is 32.8 Å². The zero-order valence-electron chi connectivity index (χ0n) is 17.3. The van der Waals surface area contributed by atoms with Crippen LogP contribution in [0.3, 0.4) is 0 Å². The van der Waals surface area contributed by atoms with Gasteiger partial charge in [-0.2, -0.15) is 11.8 Å². The van der Waals surface area contributed by atoms with E-state index >= 15 is 0 Å². The van der Waals surface area contributed by atoms with Crippen LogP contribution in [0, 0.1) is 11.8 Å². The molecule has 1 rings (SSSR count). The Morgan fingerprint density at radius 1 is 1.07 bits per heavy atom. The van der Waals surface area contributed by atoms with Crippen LogP contribution in [0.5, 0.6) is 0 Å². The van der Waals surface area contributed by atoms with Gasteiger partial charge in [0.1, 0.15) is 12.1 Å². The van der Waals surface area contributed by atoms with Crippen molar-refractivity contribution in [3.05, 3.63) is 35.9 Å². The summed E-state index contributed by atoms with van der Waals surface area (Å²) in [5, 5.41) is 14.9. The minimum absolute atomic E-state index is 0.00149. The predicted octanol–water partition coefficient (Wildman–Crippen LogP) is 2.70. The number of carboxylic acids is 1. The van der Waals surface area contributed by atoms with Gasteiger partial charge in [-0.05, 0) is 36.8 Å². The summed E-state index contributed by atoms with van der Waals surface area (Å²) in [6, 6.07) is 7.20. The third-order valence-corrected chi connectivity index (χ3v) is 5.43. The van der Waals surface area contributed by atoms with E-state index in [9.17, 15) is 19.5 Å². The molecule has 0 bridgehead atoms. The van der Waals surface area contributed by atoms with Crippen molar-refractivity contribution >= 4 is 46.6 Å². The highest BCUT2D eigenvalue weighted by Gasteiger charge is 2.30. The standard InChI is InChI=1S/C21H30N2O4S2/c1-13(2)18(14(3)28)20(25)22-16(10-11-29-4)19(24)23-17(21(26)27)12-15-8-6-5-7-9-15/h5-9,13,16-18H,10-12H2,1-4H3,(H,22,25)(H,23,24)(H,26,27). The normalized spacial score (nSPS) is 14.0. The maximum absolute atomic E-state index is 12.8. The van der Waals surface area contributed by atoms with Crippen molar-refractivity contribution in [2.45, 2.75) is 45.7 Å². The summed E-state index contributed by atoms with van der Waals surface area (Å²) in [5.74, 6) is -1.75. The van der Waals surface area contributed by atoms with Crippen molar-refractivity contribution in [2.75, 3.05) is 12.0 Å². The molecule has 3 atom stereocenters. The Hall–Kier alpha value is -1.93. The van der Waals surface area contributed by atoms with Gasteiger partial charge >= 0.3 is 5.97 Å². The lowest BCUT2D eigenvalue weighted by Crippen LogP contribution is -2.54. The van der Waals surface area contributed by atoms with Gasteiger partial charge < -0.3 is 15.7 Å². The van der Waals surface area contributed by atoms with E-state index in [1.165, 1.54) is 0 Å². The molecule has 0 radical (unpaired) electrons. The van der Waals surface area contributed by atoms with E-state index in [0.29, 0.717) is 17.0 Å². The molecule has 29 heavy (non-hydrogen) atoms. The van der Waals surface area contributed by atoms with E-state index < -0.39 is 29.9 Å². The summed E-state index contributed by atoms with van der Waals surface area (Å²) >= 11 is 6.76. The van der Waals surface area contributed by atoms with Gasteiger partial charge in [-0.3, -0.25) is 9.59 Å². The fraction of sp³-hybridized carbons (Fsp3) is 0.524. The lowest BCUT2D eigenvalue weighted by atomic mass is 9.92. The number of carbonyl (C=O) groups excluding carboxylic acids is 2. The Kier molecular flexibility index (Phi) is 10.9. The molecule has 0 spiro atoms. The third kappa shape index (κ3) is 8.53. The number of hydrogen-bond donors (Lipinski definition) is 3. The Morgan fingerprint density at radius 3 is 2.14 bits per heavy atom. The molecule has 0 fully saturated rings. The number of rotatable bonds is 12. The first kappa shape index (κ1) is 25.1. The summed E-state index contributed by atoms with van der Waals surface area (Å²) in [6.45, 7) is 5.52. The Bertz CT molecular complexity index is 710. The smallest absolute Gasteiger partial charge is 0.326 e. The van der Waals surface area contributed by atoms with Gasteiger partial charge in [-0.1, -0.05) is 56.4 Å². The molecule has 3 unspecified atom stereocenters. The third-order valence-electron chi connectivity index (χ3n) is 4.53. The molecule has 8 heteroatoms. The molecule has 0 aromatic heterocycles. The number of thioether (sulfide) groups is 1. The Morgan fingerprint density at radius 2 is 1.66 bits per heavy atom. The Labute approximate surface area is 182 Å². The van der Waals surface area contributed by atoms with Gasteiger partial charge in [0.15, 0.2) is 0 Å². The molecule has 0 heterocycles. The van der Waals surface area contributed by atoms with Crippen molar-refractivity contribution in [3.63, 3.8) is 0 Å². The number of carbonyl (C=O) groups is 3. The summed E-state index contributed by atoms with van der Waals surface area (Å²) in [5.41, 5.74) is 0.807. The quantitative estimate of drug-likeness (QED) is 0.434. The number of amides is 2. The minimum atomic E-state index is -1.12. The topological polar surface area (TPSA) is 95.5 Å². The molecule has 3 N–H and O–H groups in total. The number of aliphatic carboxylic acids is 1. The van der Waals surface area contributed by atoms with Gasteiger partial charge in [0.2, 0.25) is 11.8 Å². The fourth-order valence-electron chi connectivity index (χ4n) is 3.04. The second-order valence-corrected chi connectivity index (χ2v) is 8.89. The maximum atomic E-state index is 12.8. The molecule has 160 valence electrons. The summed E-state index contributed by atoms with van der Waals surface area (Å²) in [6.07, 6.45) is 2.47.